The lowest BCUT2D eigenvalue weighted by Crippen LogP contribution is -2.51. The van der Waals surface area contributed by atoms with E-state index >= 15 is 0 Å². The predicted molar refractivity (Wildman–Crippen MR) is 140 cm³/mol. The number of methoxy groups -OCH3 is 1. The summed E-state index contributed by atoms with van der Waals surface area (Å²) in [4.78, 5) is 24.5. The number of hydrogen-bond donors (Lipinski definition) is 1. The van der Waals surface area contributed by atoms with Gasteiger partial charge in [-0.2, -0.15) is 0 Å². The molecule has 186 valence electrons. The molecule has 1 N–H and O–H groups in total. The van der Waals surface area contributed by atoms with Crippen molar-refractivity contribution in [2.75, 3.05) is 65.3 Å². The first-order chi connectivity index (χ1) is 16.6. The van der Waals surface area contributed by atoms with Crippen LogP contribution >= 0.6 is 11.3 Å². The molecule has 0 saturated carbocycles. The quantitative estimate of drug-likeness (QED) is 0.590. The fourth-order valence-electron chi connectivity index (χ4n) is 5.04. The second kappa shape index (κ2) is 12.0. The highest BCUT2D eigenvalue weighted by molar-refractivity contribution is 7.14. The highest BCUT2D eigenvalue weighted by Crippen LogP contribution is 2.33. The van der Waals surface area contributed by atoms with Crippen LogP contribution in [0.15, 0.2) is 23.6 Å². The highest BCUT2D eigenvalue weighted by Gasteiger charge is 2.25. The van der Waals surface area contributed by atoms with Gasteiger partial charge in [0, 0.05) is 50.2 Å². The SMILES string of the molecule is CCCCc1ccc(OC)c(-c2csc(NC(=O)N3CCN(C[C@@H]4CCCN(C)C4)CC3)n2)c1. The Morgan fingerprint density at radius 3 is 2.79 bits per heavy atom. The Morgan fingerprint density at radius 2 is 2.06 bits per heavy atom. The summed E-state index contributed by atoms with van der Waals surface area (Å²) in [5, 5.41) is 5.65. The van der Waals surface area contributed by atoms with E-state index in [4.69, 9.17) is 9.72 Å². The van der Waals surface area contributed by atoms with Gasteiger partial charge in [-0.3, -0.25) is 10.2 Å². The molecular formula is C26H39N5O2S. The van der Waals surface area contributed by atoms with Gasteiger partial charge in [-0.05, 0) is 62.9 Å². The van der Waals surface area contributed by atoms with E-state index in [9.17, 15) is 4.79 Å². The van der Waals surface area contributed by atoms with Crippen molar-refractivity contribution in [1.82, 2.24) is 19.7 Å². The molecule has 3 heterocycles. The molecule has 1 atom stereocenters. The number of thiazole rings is 1. The third-order valence-corrected chi connectivity index (χ3v) is 7.73. The van der Waals surface area contributed by atoms with Crippen LogP contribution in [-0.2, 0) is 6.42 Å². The number of rotatable bonds is 8. The molecule has 0 radical (unpaired) electrons. The van der Waals surface area contributed by atoms with Gasteiger partial charge in [-0.1, -0.05) is 19.4 Å². The fourth-order valence-corrected chi connectivity index (χ4v) is 5.74. The maximum atomic E-state index is 12.9. The van der Waals surface area contributed by atoms with Crippen LogP contribution in [0.5, 0.6) is 5.75 Å². The minimum atomic E-state index is -0.0541. The van der Waals surface area contributed by atoms with Gasteiger partial charge in [-0.25, -0.2) is 9.78 Å². The zero-order chi connectivity index (χ0) is 23.9. The smallest absolute Gasteiger partial charge is 0.323 e. The van der Waals surface area contributed by atoms with E-state index in [1.54, 1.807) is 7.11 Å². The number of nitrogens with one attached hydrogen (secondary N) is 1. The van der Waals surface area contributed by atoms with Gasteiger partial charge in [0.2, 0.25) is 0 Å². The molecular weight excluding hydrogens is 446 g/mol. The number of aryl methyl sites for hydroxylation is 1. The van der Waals surface area contributed by atoms with Gasteiger partial charge in [-0.15, -0.1) is 11.3 Å². The van der Waals surface area contributed by atoms with Gasteiger partial charge in [0.1, 0.15) is 5.75 Å². The molecule has 0 aliphatic carbocycles. The average Bonchev–Trinajstić information content (AvgIpc) is 3.31. The number of nitrogens with zero attached hydrogens (tertiary/aromatic N) is 4. The Labute approximate surface area is 208 Å². The lowest BCUT2D eigenvalue weighted by Gasteiger charge is -2.38. The van der Waals surface area contributed by atoms with Crippen molar-refractivity contribution in [2.24, 2.45) is 5.92 Å². The fraction of sp³-hybridized carbons (Fsp3) is 0.615. The average molecular weight is 486 g/mol. The summed E-state index contributed by atoms with van der Waals surface area (Å²) in [5.41, 5.74) is 3.11. The van der Waals surface area contributed by atoms with Crippen LogP contribution in [0.4, 0.5) is 9.93 Å². The Balaban J connectivity index is 1.31. The molecule has 0 unspecified atom stereocenters. The number of urea groups is 1. The topological polar surface area (TPSA) is 60.9 Å². The van der Waals surface area contributed by atoms with Crippen LogP contribution in [0.3, 0.4) is 0 Å². The number of piperazine rings is 1. The molecule has 34 heavy (non-hydrogen) atoms. The van der Waals surface area contributed by atoms with E-state index in [2.05, 4.69) is 41.2 Å². The number of likely N-dealkylation sites (tertiary alicyclic amines) is 1. The predicted octanol–water partition coefficient (Wildman–Crippen LogP) is 4.65. The van der Waals surface area contributed by atoms with Crippen LogP contribution < -0.4 is 10.1 Å². The van der Waals surface area contributed by atoms with Gasteiger partial charge in [0.05, 0.1) is 12.8 Å². The molecule has 2 aliphatic rings. The number of unbranched alkanes of at least 4 members (excludes halogenated alkanes) is 1. The van der Waals surface area contributed by atoms with Crippen molar-refractivity contribution in [3.63, 3.8) is 0 Å². The van der Waals surface area contributed by atoms with Crippen LogP contribution in [0.2, 0.25) is 0 Å². The van der Waals surface area contributed by atoms with Crippen molar-refractivity contribution in [1.29, 1.82) is 0 Å². The van der Waals surface area contributed by atoms with Gasteiger partial charge >= 0.3 is 6.03 Å². The summed E-state index contributed by atoms with van der Waals surface area (Å²) >= 11 is 1.46. The molecule has 2 aliphatic heterocycles. The summed E-state index contributed by atoms with van der Waals surface area (Å²) < 4.78 is 5.58. The molecule has 0 bridgehead atoms. The second-order valence-corrected chi connectivity index (χ2v) is 10.5. The molecule has 0 spiro atoms. The minimum Gasteiger partial charge on any atom is -0.496 e. The van der Waals surface area contributed by atoms with Crippen LogP contribution in [0, 0.1) is 5.92 Å². The Kier molecular flexibility index (Phi) is 8.80. The van der Waals surface area contributed by atoms with Crippen LogP contribution in [-0.4, -0.2) is 85.7 Å². The van der Waals surface area contributed by atoms with Gasteiger partial charge < -0.3 is 14.5 Å². The molecule has 1 aromatic heterocycles. The van der Waals surface area contributed by atoms with Crippen molar-refractivity contribution >= 4 is 22.5 Å². The number of benzene rings is 1. The maximum absolute atomic E-state index is 12.9. The van der Waals surface area contributed by atoms with E-state index < -0.39 is 0 Å². The van der Waals surface area contributed by atoms with Crippen molar-refractivity contribution in [2.45, 2.75) is 39.0 Å². The molecule has 2 saturated heterocycles. The third-order valence-electron chi connectivity index (χ3n) is 6.97. The first kappa shape index (κ1) is 24.9. The Hall–Kier alpha value is -2.16. The summed E-state index contributed by atoms with van der Waals surface area (Å²) in [5.74, 6) is 1.56. The summed E-state index contributed by atoms with van der Waals surface area (Å²) in [6.45, 7) is 9.18. The van der Waals surface area contributed by atoms with Gasteiger partial charge in [0.25, 0.3) is 0 Å². The van der Waals surface area contributed by atoms with E-state index in [1.807, 2.05) is 16.3 Å². The van der Waals surface area contributed by atoms with Crippen LogP contribution in [0.25, 0.3) is 11.3 Å². The molecule has 2 amide bonds. The molecule has 1 aromatic carbocycles. The lowest BCUT2D eigenvalue weighted by atomic mass is 9.97. The number of aromatic nitrogens is 1. The summed E-state index contributed by atoms with van der Waals surface area (Å²) in [6.07, 6.45) is 6.00. The number of anilines is 1. The monoisotopic (exact) mass is 485 g/mol. The minimum absolute atomic E-state index is 0.0541. The standard InChI is InChI=1S/C26H39N5O2S/c1-4-5-7-20-9-10-24(33-3)22(16-20)23-19-34-25(27-23)28-26(32)31-14-12-30(13-15-31)18-21-8-6-11-29(2)17-21/h9-10,16,19,21H,4-8,11-15,17-18H2,1-3H3,(H,27,28,32)/t21-/m1/s1. The first-order valence-electron chi connectivity index (χ1n) is 12.7. The number of piperidine rings is 1. The first-order valence-corrected chi connectivity index (χ1v) is 13.5. The molecule has 2 aromatic rings. The number of carbonyl (C=O) groups is 1. The number of amides is 2. The zero-order valence-corrected chi connectivity index (χ0v) is 21.7. The molecule has 8 heteroatoms. The third kappa shape index (κ3) is 6.49. The highest BCUT2D eigenvalue weighted by atomic mass is 32.1. The van der Waals surface area contributed by atoms with Crippen molar-refractivity contribution < 1.29 is 9.53 Å². The summed E-state index contributed by atoms with van der Waals surface area (Å²) in [7, 11) is 3.91. The van der Waals surface area contributed by atoms with E-state index in [0.29, 0.717) is 5.13 Å². The van der Waals surface area contributed by atoms with Crippen LogP contribution in [0.1, 0.15) is 38.2 Å². The van der Waals surface area contributed by atoms with E-state index in [1.165, 1.54) is 49.3 Å². The van der Waals surface area contributed by atoms with E-state index in [-0.39, 0.29) is 6.03 Å². The molecule has 7 nitrogen and oxygen atoms in total. The second-order valence-electron chi connectivity index (χ2n) is 9.66. The lowest BCUT2D eigenvalue weighted by molar-refractivity contribution is 0.109. The number of hydrogen-bond acceptors (Lipinski definition) is 6. The van der Waals surface area contributed by atoms with Gasteiger partial charge in [0.15, 0.2) is 5.13 Å². The molecule has 2 fully saturated rings. The zero-order valence-electron chi connectivity index (χ0n) is 20.9. The maximum Gasteiger partial charge on any atom is 0.323 e. The van der Waals surface area contributed by atoms with Crippen molar-refractivity contribution in [3.8, 4) is 17.0 Å². The number of ether oxygens (including phenoxy) is 1. The van der Waals surface area contributed by atoms with E-state index in [0.717, 1.165) is 68.5 Å². The summed E-state index contributed by atoms with van der Waals surface area (Å²) in [6, 6.07) is 6.25. The number of carbonyl (C=O) groups excluding carboxylic acids is 1. The Morgan fingerprint density at radius 1 is 1.24 bits per heavy atom. The normalized spacial score (nSPS) is 19.9. The molecule has 4 rings (SSSR count). The van der Waals surface area contributed by atoms with Crippen molar-refractivity contribution in [3.05, 3.63) is 29.1 Å². The Bertz CT molecular complexity index is 941. The largest absolute Gasteiger partial charge is 0.496 e.